The summed E-state index contributed by atoms with van der Waals surface area (Å²) in [7, 11) is 0. The van der Waals surface area contributed by atoms with Gasteiger partial charge in [0.1, 0.15) is 30.2 Å². The van der Waals surface area contributed by atoms with Crippen molar-refractivity contribution >= 4 is 59.2 Å². The Hall–Kier alpha value is -6.94. The molecule has 1 fully saturated rings. The van der Waals surface area contributed by atoms with E-state index in [1.54, 1.807) is 27.7 Å². The molecule has 0 radical (unpaired) electrons. The summed E-state index contributed by atoms with van der Waals surface area (Å²) in [6, 6.07) is 8.34. The molecule has 382 valence electrons. The fourth-order valence-corrected chi connectivity index (χ4v) is 8.38. The first kappa shape index (κ1) is 55.7. The van der Waals surface area contributed by atoms with Crippen LogP contribution in [-0.2, 0) is 65.7 Å². The number of carbonyl (C=O) groups is 10. The Morgan fingerprint density at radius 2 is 1.51 bits per heavy atom. The molecule has 2 aliphatic rings. The second kappa shape index (κ2) is 26.2. The number of aliphatic carboxylic acids is 2. The van der Waals surface area contributed by atoms with E-state index < -0.39 is 133 Å². The molecule has 1 aliphatic carbocycles. The largest absolute Gasteiger partial charge is 0.481 e. The summed E-state index contributed by atoms with van der Waals surface area (Å²) in [6.07, 6.45) is -1.19. The summed E-state index contributed by atoms with van der Waals surface area (Å²) in [5.41, 5.74) is 5.33. The van der Waals surface area contributed by atoms with Gasteiger partial charge in [0.25, 0.3) is 11.8 Å². The molecule has 22 heteroatoms. The number of aryl methyl sites for hydroxylation is 1. The zero-order chi connectivity index (χ0) is 51.8. The van der Waals surface area contributed by atoms with Crippen LogP contribution in [0, 0.1) is 11.8 Å². The maximum absolute atomic E-state index is 14.8. The van der Waals surface area contributed by atoms with Crippen LogP contribution in [-0.4, -0.2) is 139 Å². The Bertz CT molecular complexity index is 2210. The van der Waals surface area contributed by atoms with Gasteiger partial charge in [-0.3, -0.25) is 58.6 Å². The number of benzene rings is 2. The highest BCUT2D eigenvalue weighted by Crippen LogP contribution is 2.31. The molecule has 8 amide bonds. The van der Waals surface area contributed by atoms with E-state index in [0.717, 1.165) is 28.6 Å². The Balaban J connectivity index is 1.60. The van der Waals surface area contributed by atoms with Gasteiger partial charge in [-0.25, -0.2) is 10.1 Å². The lowest BCUT2D eigenvalue weighted by Crippen LogP contribution is -2.62. The minimum atomic E-state index is -1.83. The molecule has 0 aromatic heterocycles. The van der Waals surface area contributed by atoms with Crippen LogP contribution in [0.1, 0.15) is 109 Å². The van der Waals surface area contributed by atoms with Crippen LogP contribution in [0.25, 0.3) is 0 Å². The van der Waals surface area contributed by atoms with E-state index in [4.69, 9.17) is 4.74 Å². The van der Waals surface area contributed by atoms with Gasteiger partial charge in [-0.2, -0.15) is 0 Å². The van der Waals surface area contributed by atoms with E-state index in [-0.39, 0.29) is 37.6 Å². The fourth-order valence-electron chi connectivity index (χ4n) is 8.38. The Morgan fingerprint density at radius 3 is 2.13 bits per heavy atom. The van der Waals surface area contributed by atoms with Crippen LogP contribution >= 0.6 is 0 Å². The molecule has 1 saturated heterocycles. The van der Waals surface area contributed by atoms with Gasteiger partial charge in [-0.05, 0) is 54.2 Å². The summed E-state index contributed by atoms with van der Waals surface area (Å²) in [5.74, 6) is -12.2. The normalized spacial score (nSPS) is 18.2. The number of carboxylic acids is 2. The number of nitrogens with zero attached hydrogens (tertiary/aromatic N) is 3. The summed E-state index contributed by atoms with van der Waals surface area (Å²) in [6.45, 7) is 9.09. The highest BCUT2D eigenvalue weighted by atomic mass is 16.5. The second-order valence-electron chi connectivity index (χ2n) is 17.9. The molecule has 8 atom stereocenters. The van der Waals surface area contributed by atoms with Crippen LogP contribution in [0.3, 0.4) is 0 Å². The number of hydrogen-bond donors (Lipinski definition) is 8. The summed E-state index contributed by atoms with van der Waals surface area (Å²) in [5, 5.41) is 40.9. The number of likely N-dealkylation sites (tertiary alicyclic amines) is 1. The number of ether oxygens (including phenoxy) is 1. The van der Waals surface area contributed by atoms with Crippen LogP contribution < -0.4 is 26.7 Å². The maximum Gasteiger partial charge on any atom is 0.330 e. The van der Waals surface area contributed by atoms with Gasteiger partial charge in [0.05, 0.1) is 25.2 Å². The first-order chi connectivity index (χ1) is 33.2. The van der Waals surface area contributed by atoms with Gasteiger partial charge in [0.2, 0.25) is 23.6 Å². The standard InChI is InChI=1S/C48H66N8O14/c1-7-22-55(48(68)45(65)50-34-19-18-31-16-12-13-17-33(31)34)53-43(63)37-23-32(70-26-30-14-10-9-11-15-30)25-54(37)47(67)40(27(3)4)52-44(64)41(28(5)8-2)56(69)46(66)35(20-21-38(58)59)51-42(62)36(24-39(60)61)49-29(6)57/h9-17,27-28,32,34-37,40-41,69H,7-8,18-26H2,1-6H3,(H,49,57)(H,50,65)(H,51,62)(H,52,64)(H,53,63)(H,58,59)(H,60,61)/t28-,32+,34-,35+,36-,37-,40-,41-/m0/s1. The lowest BCUT2D eigenvalue weighted by molar-refractivity contribution is -0.187. The molecule has 4 rings (SSSR count). The Morgan fingerprint density at radius 1 is 0.843 bits per heavy atom. The van der Waals surface area contributed by atoms with E-state index in [1.165, 1.54) is 11.8 Å². The summed E-state index contributed by atoms with van der Waals surface area (Å²) in [4.78, 5) is 134. The number of carbonyl (C=O) groups excluding carboxylic acids is 8. The molecule has 2 aromatic carbocycles. The summed E-state index contributed by atoms with van der Waals surface area (Å²) < 4.78 is 6.19. The van der Waals surface area contributed by atoms with Gasteiger partial charge in [0, 0.05) is 32.9 Å². The van der Waals surface area contributed by atoms with E-state index in [9.17, 15) is 63.4 Å². The third-order valence-corrected chi connectivity index (χ3v) is 12.3. The van der Waals surface area contributed by atoms with Gasteiger partial charge >= 0.3 is 23.8 Å². The van der Waals surface area contributed by atoms with Crippen molar-refractivity contribution in [2.45, 2.75) is 142 Å². The van der Waals surface area contributed by atoms with Gasteiger partial charge in [-0.15, -0.1) is 0 Å². The second-order valence-corrected chi connectivity index (χ2v) is 17.9. The van der Waals surface area contributed by atoms with Crippen LogP contribution in [0.2, 0.25) is 0 Å². The number of nitrogens with one attached hydrogen (secondary N) is 5. The SMILES string of the molecule is CCCN(NC(=O)[C@@H]1C[C@@H](OCc2ccccc2)CN1C(=O)[C@@H](NC(=O)[C@H]([C@@H](C)CC)N(O)C(=O)[C@@H](CCC(=O)O)NC(=O)[C@H](CC(=O)O)NC(C)=O)C(C)C)C(=O)C(=O)N[C@H]1CCc2ccccc21. The molecule has 1 aliphatic heterocycles. The Labute approximate surface area is 406 Å². The molecule has 0 bridgehead atoms. The van der Waals surface area contributed by atoms with Gasteiger partial charge in [0.15, 0.2) is 0 Å². The van der Waals surface area contributed by atoms with Crippen molar-refractivity contribution in [1.29, 1.82) is 0 Å². The molecule has 8 N–H and O–H groups in total. The molecular weight excluding hydrogens is 913 g/mol. The molecule has 1 heterocycles. The predicted molar refractivity (Wildman–Crippen MR) is 248 cm³/mol. The Kier molecular flexibility index (Phi) is 20.8. The maximum atomic E-state index is 14.8. The lowest BCUT2D eigenvalue weighted by Gasteiger charge is -2.35. The first-order valence-corrected chi connectivity index (χ1v) is 23.5. The van der Waals surface area contributed by atoms with Crippen molar-refractivity contribution in [1.82, 2.24) is 41.7 Å². The molecule has 2 aromatic rings. The van der Waals surface area contributed by atoms with Crippen molar-refractivity contribution in [3.05, 3.63) is 71.3 Å². The number of fused-ring (bicyclic) bond motifs is 1. The third kappa shape index (κ3) is 15.3. The van der Waals surface area contributed by atoms with Gasteiger partial charge < -0.3 is 41.1 Å². The number of carboxylic acid groups (broad SMARTS) is 2. The molecule has 22 nitrogen and oxygen atoms in total. The van der Waals surface area contributed by atoms with Gasteiger partial charge in [-0.1, -0.05) is 95.6 Å². The van der Waals surface area contributed by atoms with Crippen LogP contribution in [0.5, 0.6) is 0 Å². The molecule has 0 saturated carbocycles. The first-order valence-electron chi connectivity index (χ1n) is 23.5. The molecule has 0 unspecified atom stereocenters. The van der Waals surface area contributed by atoms with E-state index in [2.05, 4.69) is 26.7 Å². The van der Waals surface area contributed by atoms with Crippen LogP contribution in [0.4, 0.5) is 0 Å². The average molecular weight is 979 g/mol. The highest BCUT2D eigenvalue weighted by molar-refractivity contribution is 6.35. The van der Waals surface area contributed by atoms with E-state index in [0.29, 0.717) is 19.3 Å². The smallest absolute Gasteiger partial charge is 0.330 e. The number of amides is 8. The molecular formula is C48H66N8O14. The molecule has 0 spiro atoms. The minimum Gasteiger partial charge on any atom is -0.481 e. The van der Waals surface area contributed by atoms with Crippen molar-refractivity contribution in [2.75, 3.05) is 13.1 Å². The third-order valence-electron chi connectivity index (χ3n) is 12.3. The van der Waals surface area contributed by atoms with Crippen molar-refractivity contribution in [2.24, 2.45) is 11.8 Å². The van der Waals surface area contributed by atoms with Crippen molar-refractivity contribution in [3.8, 4) is 0 Å². The van der Waals surface area contributed by atoms with Crippen molar-refractivity contribution < 1.29 is 68.1 Å². The quantitative estimate of drug-likeness (QED) is 0.0443. The number of rotatable bonds is 23. The average Bonchev–Trinajstić information content (AvgIpc) is 3.94. The number of hydrogen-bond acceptors (Lipinski definition) is 12. The minimum absolute atomic E-state index is 0.0310. The number of hydrazine groups is 1. The zero-order valence-corrected chi connectivity index (χ0v) is 40.3. The highest BCUT2D eigenvalue weighted by Gasteiger charge is 2.46. The lowest BCUT2D eigenvalue weighted by atomic mass is 9.95. The van der Waals surface area contributed by atoms with Crippen molar-refractivity contribution in [3.63, 3.8) is 0 Å². The fraction of sp³-hybridized carbons (Fsp3) is 0.542. The van der Waals surface area contributed by atoms with Crippen LogP contribution in [0.15, 0.2) is 54.6 Å². The summed E-state index contributed by atoms with van der Waals surface area (Å²) >= 11 is 0. The van der Waals surface area contributed by atoms with E-state index >= 15 is 0 Å². The topological polar surface area (TPSA) is 310 Å². The zero-order valence-electron chi connectivity index (χ0n) is 40.3. The molecule has 70 heavy (non-hydrogen) atoms. The predicted octanol–water partition coefficient (Wildman–Crippen LogP) is 1.35. The number of hydroxylamine groups is 2. The monoisotopic (exact) mass is 978 g/mol. The van der Waals surface area contributed by atoms with E-state index in [1.807, 2.05) is 54.6 Å².